The summed E-state index contributed by atoms with van der Waals surface area (Å²) in [5, 5.41) is 0.842. The molecule has 1 N–H and O–H groups in total. The summed E-state index contributed by atoms with van der Waals surface area (Å²) in [6.45, 7) is 1.03. The number of para-hydroxylation sites is 1. The van der Waals surface area contributed by atoms with Gasteiger partial charge in [0.15, 0.2) is 5.76 Å². The highest BCUT2D eigenvalue weighted by Crippen LogP contribution is 2.28. The van der Waals surface area contributed by atoms with Crippen molar-refractivity contribution in [3.8, 4) is 0 Å². The maximum absolute atomic E-state index is 13.1. The number of piperidine rings is 1. The number of hydrogen-bond acceptors (Lipinski definition) is 5. The number of amides is 1. The predicted octanol–water partition coefficient (Wildman–Crippen LogP) is 3.30. The number of nitrogens with zero attached hydrogens (tertiary/aromatic N) is 1. The summed E-state index contributed by atoms with van der Waals surface area (Å²) >= 11 is 0. The van der Waals surface area contributed by atoms with E-state index in [2.05, 4.69) is 4.72 Å². The Balaban J connectivity index is 1.44. The van der Waals surface area contributed by atoms with Crippen molar-refractivity contribution in [3.63, 3.8) is 0 Å². The van der Waals surface area contributed by atoms with Crippen molar-refractivity contribution in [2.45, 2.75) is 30.4 Å². The fourth-order valence-corrected chi connectivity index (χ4v) is 5.11. The van der Waals surface area contributed by atoms with Gasteiger partial charge in [-0.2, -0.15) is 0 Å². The second-order valence-electron chi connectivity index (χ2n) is 7.48. The van der Waals surface area contributed by atoms with Crippen molar-refractivity contribution >= 4 is 26.9 Å². The Hall–Kier alpha value is -2.75. The molecule has 7 nitrogen and oxygen atoms in total. The topological polar surface area (TPSA) is 88.9 Å². The van der Waals surface area contributed by atoms with E-state index in [1.807, 2.05) is 24.3 Å². The van der Waals surface area contributed by atoms with Gasteiger partial charge in [-0.15, -0.1) is 0 Å². The van der Waals surface area contributed by atoms with Crippen LogP contribution >= 0.6 is 0 Å². The zero-order chi connectivity index (χ0) is 22.0. The van der Waals surface area contributed by atoms with E-state index in [0.29, 0.717) is 37.1 Å². The minimum atomic E-state index is -3.75. The minimum Gasteiger partial charge on any atom is -0.451 e. The summed E-state index contributed by atoms with van der Waals surface area (Å²) in [6, 6.07) is 11.8. The molecule has 2 heterocycles. The number of halogens is 1. The molecular weight excluding hydrogens is 423 g/mol. The molecule has 1 aliphatic rings. The predicted molar refractivity (Wildman–Crippen MR) is 113 cm³/mol. The molecule has 1 saturated heterocycles. The summed E-state index contributed by atoms with van der Waals surface area (Å²) in [4.78, 5) is 14.8. The lowest BCUT2D eigenvalue weighted by Crippen LogP contribution is -2.46. The second-order valence-corrected chi connectivity index (χ2v) is 9.19. The normalized spacial score (nSPS) is 15.5. The molecule has 1 aromatic heterocycles. The van der Waals surface area contributed by atoms with Crippen molar-refractivity contribution < 1.29 is 26.8 Å². The van der Waals surface area contributed by atoms with Gasteiger partial charge in [0.1, 0.15) is 11.4 Å². The molecule has 0 radical (unpaired) electrons. The Morgan fingerprint density at radius 1 is 1.16 bits per heavy atom. The van der Waals surface area contributed by atoms with Crippen LogP contribution in [0.25, 0.3) is 11.0 Å². The van der Waals surface area contributed by atoms with E-state index in [4.69, 9.17) is 9.15 Å². The van der Waals surface area contributed by atoms with E-state index in [0.717, 1.165) is 17.5 Å². The Morgan fingerprint density at radius 2 is 1.84 bits per heavy atom. The standard InChI is InChI=1S/C22H23FN2O5S/c1-29-14-19-18-4-2-3-5-20(18)30-21(19)22(26)25-12-10-16(11-13-25)24-31(27,28)17-8-6-15(23)7-9-17/h2-9,16,24H,10-14H2,1H3. The number of fused-ring (bicyclic) bond motifs is 1. The Labute approximate surface area is 179 Å². The molecule has 0 spiro atoms. The first-order valence-corrected chi connectivity index (χ1v) is 11.4. The molecule has 4 rings (SSSR count). The number of carbonyl (C=O) groups is 1. The van der Waals surface area contributed by atoms with Crippen LogP contribution in [0.4, 0.5) is 4.39 Å². The monoisotopic (exact) mass is 446 g/mol. The number of sulfonamides is 1. The molecule has 31 heavy (non-hydrogen) atoms. The first-order chi connectivity index (χ1) is 14.9. The molecule has 1 fully saturated rings. The SMILES string of the molecule is COCc1c(C(=O)N2CCC(NS(=O)(=O)c3ccc(F)cc3)CC2)oc2ccccc12. The Kier molecular flexibility index (Phi) is 6.08. The second kappa shape index (κ2) is 8.78. The van der Waals surface area contributed by atoms with Gasteiger partial charge >= 0.3 is 0 Å². The lowest BCUT2D eigenvalue weighted by Gasteiger charge is -2.31. The Morgan fingerprint density at radius 3 is 2.52 bits per heavy atom. The summed E-state index contributed by atoms with van der Waals surface area (Å²) in [5.41, 5.74) is 1.34. The Bertz CT molecular complexity index is 1180. The zero-order valence-corrected chi connectivity index (χ0v) is 17.8. The van der Waals surface area contributed by atoms with Gasteiger partial charge in [-0.1, -0.05) is 18.2 Å². The first kappa shape index (κ1) is 21.5. The van der Waals surface area contributed by atoms with Gasteiger partial charge in [-0.05, 0) is 43.2 Å². The van der Waals surface area contributed by atoms with Crippen molar-refractivity contribution in [2.24, 2.45) is 0 Å². The summed E-state index contributed by atoms with van der Waals surface area (Å²) < 4.78 is 51.9. The number of nitrogens with one attached hydrogen (secondary N) is 1. The van der Waals surface area contributed by atoms with Gasteiger partial charge in [0.25, 0.3) is 5.91 Å². The summed E-state index contributed by atoms with van der Waals surface area (Å²) in [5.74, 6) is -0.472. The highest BCUT2D eigenvalue weighted by atomic mass is 32.2. The molecule has 1 aliphatic heterocycles. The van der Waals surface area contributed by atoms with E-state index in [-0.39, 0.29) is 29.2 Å². The third-order valence-electron chi connectivity index (χ3n) is 5.41. The van der Waals surface area contributed by atoms with Crippen molar-refractivity contribution in [1.82, 2.24) is 9.62 Å². The quantitative estimate of drug-likeness (QED) is 0.628. The van der Waals surface area contributed by atoms with Crippen LogP contribution in [0.5, 0.6) is 0 Å². The van der Waals surface area contributed by atoms with Crippen LogP contribution in [0.15, 0.2) is 57.8 Å². The van der Waals surface area contributed by atoms with Crippen LogP contribution in [0.1, 0.15) is 29.0 Å². The van der Waals surface area contributed by atoms with E-state index in [9.17, 15) is 17.6 Å². The molecule has 0 unspecified atom stereocenters. The molecule has 0 bridgehead atoms. The van der Waals surface area contributed by atoms with Gasteiger partial charge < -0.3 is 14.1 Å². The number of hydrogen-bond donors (Lipinski definition) is 1. The number of ether oxygens (including phenoxy) is 1. The lowest BCUT2D eigenvalue weighted by atomic mass is 10.1. The van der Waals surface area contributed by atoms with Crippen molar-refractivity contribution in [2.75, 3.05) is 20.2 Å². The fourth-order valence-electron chi connectivity index (χ4n) is 3.80. The van der Waals surface area contributed by atoms with Gasteiger partial charge in [0.2, 0.25) is 10.0 Å². The average molecular weight is 447 g/mol. The van der Waals surface area contributed by atoms with Gasteiger partial charge in [0, 0.05) is 37.2 Å². The van der Waals surface area contributed by atoms with Crippen LogP contribution in [0.3, 0.4) is 0 Å². The van der Waals surface area contributed by atoms with Gasteiger partial charge in [0.05, 0.1) is 11.5 Å². The van der Waals surface area contributed by atoms with Gasteiger partial charge in [-0.25, -0.2) is 17.5 Å². The number of furan rings is 1. The third-order valence-corrected chi connectivity index (χ3v) is 6.95. The molecule has 0 aliphatic carbocycles. The number of methoxy groups -OCH3 is 1. The van der Waals surface area contributed by atoms with E-state index in [1.165, 1.54) is 12.1 Å². The fraction of sp³-hybridized carbons (Fsp3) is 0.318. The smallest absolute Gasteiger partial charge is 0.289 e. The number of carbonyl (C=O) groups excluding carboxylic acids is 1. The maximum atomic E-state index is 13.1. The highest BCUT2D eigenvalue weighted by molar-refractivity contribution is 7.89. The highest BCUT2D eigenvalue weighted by Gasteiger charge is 2.30. The maximum Gasteiger partial charge on any atom is 0.289 e. The van der Waals surface area contributed by atoms with Crippen molar-refractivity contribution in [3.05, 3.63) is 65.7 Å². The molecule has 3 aromatic rings. The van der Waals surface area contributed by atoms with Crippen LogP contribution in [-0.4, -0.2) is 45.5 Å². The largest absolute Gasteiger partial charge is 0.451 e. The van der Waals surface area contributed by atoms with Crippen molar-refractivity contribution in [1.29, 1.82) is 0 Å². The molecule has 9 heteroatoms. The molecular formula is C22H23FN2O5S. The number of benzene rings is 2. The van der Waals surface area contributed by atoms with Crippen LogP contribution in [0.2, 0.25) is 0 Å². The first-order valence-electron chi connectivity index (χ1n) is 9.95. The van der Waals surface area contributed by atoms with Crippen LogP contribution in [-0.2, 0) is 21.4 Å². The van der Waals surface area contributed by atoms with Crippen LogP contribution < -0.4 is 4.72 Å². The summed E-state index contributed by atoms with van der Waals surface area (Å²) in [7, 11) is -2.19. The molecule has 164 valence electrons. The zero-order valence-electron chi connectivity index (χ0n) is 17.0. The van der Waals surface area contributed by atoms with E-state index >= 15 is 0 Å². The van der Waals surface area contributed by atoms with Crippen LogP contribution in [0, 0.1) is 5.82 Å². The average Bonchev–Trinajstić information content (AvgIpc) is 3.13. The van der Waals surface area contributed by atoms with E-state index < -0.39 is 15.8 Å². The molecule has 0 atom stereocenters. The van der Waals surface area contributed by atoms with Gasteiger partial charge in [-0.3, -0.25) is 4.79 Å². The molecule has 2 aromatic carbocycles. The number of likely N-dealkylation sites (tertiary alicyclic amines) is 1. The molecule has 0 saturated carbocycles. The third kappa shape index (κ3) is 4.48. The summed E-state index contributed by atoms with van der Waals surface area (Å²) in [6.07, 6.45) is 0.929. The molecule has 1 amide bonds. The lowest BCUT2D eigenvalue weighted by molar-refractivity contribution is 0.0675. The number of rotatable bonds is 6. The minimum absolute atomic E-state index is 0.0129. The van der Waals surface area contributed by atoms with E-state index in [1.54, 1.807) is 12.0 Å².